The number of benzene rings is 1. The van der Waals surface area contributed by atoms with Crippen LogP contribution in [0.1, 0.15) is 5.56 Å². The summed E-state index contributed by atoms with van der Waals surface area (Å²) in [5, 5.41) is 0.581. The van der Waals surface area contributed by atoms with Crippen LogP contribution in [0, 0.1) is 5.82 Å². The third-order valence-electron chi connectivity index (χ3n) is 2.08. The number of halogens is 2. The standard InChI is InChI=1S/C10H14ClFN2S/c1-15-6-9(14-13)5-7-4-8(12)2-3-10(7)11/h2-4,9,14H,5-6,13H2,1H3. The predicted octanol–water partition coefficient (Wildman–Crippen LogP) is 2.22. The number of nitrogens with one attached hydrogen (secondary N) is 1. The summed E-state index contributed by atoms with van der Waals surface area (Å²) < 4.78 is 13.0. The van der Waals surface area contributed by atoms with Crippen molar-refractivity contribution in [1.29, 1.82) is 0 Å². The molecule has 0 aliphatic rings. The van der Waals surface area contributed by atoms with E-state index in [0.29, 0.717) is 11.4 Å². The average molecular weight is 249 g/mol. The topological polar surface area (TPSA) is 38.0 Å². The Kier molecular flexibility index (Phi) is 5.39. The largest absolute Gasteiger partial charge is 0.271 e. The lowest BCUT2D eigenvalue weighted by molar-refractivity contribution is 0.571. The quantitative estimate of drug-likeness (QED) is 0.620. The molecule has 1 atom stereocenters. The first-order valence-corrected chi connectivity index (χ1v) is 6.33. The number of rotatable bonds is 5. The van der Waals surface area contributed by atoms with Gasteiger partial charge in [-0.3, -0.25) is 11.3 Å². The van der Waals surface area contributed by atoms with Gasteiger partial charge in [0, 0.05) is 16.8 Å². The molecule has 1 aromatic rings. The highest BCUT2D eigenvalue weighted by molar-refractivity contribution is 7.98. The molecule has 1 rings (SSSR count). The van der Waals surface area contributed by atoms with Crippen LogP contribution >= 0.6 is 23.4 Å². The predicted molar refractivity (Wildman–Crippen MR) is 64.6 cm³/mol. The SMILES string of the molecule is CSCC(Cc1cc(F)ccc1Cl)NN. The average Bonchev–Trinajstić information content (AvgIpc) is 2.22. The second-order valence-corrected chi connectivity index (χ2v) is 4.58. The van der Waals surface area contributed by atoms with E-state index in [2.05, 4.69) is 5.43 Å². The van der Waals surface area contributed by atoms with Gasteiger partial charge in [0.05, 0.1) is 0 Å². The molecule has 0 bridgehead atoms. The van der Waals surface area contributed by atoms with Crippen molar-refractivity contribution < 1.29 is 4.39 Å². The molecule has 0 aliphatic heterocycles. The molecule has 3 N–H and O–H groups in total. The molecule has 0 saturated heterocycles. The van der Waals surface area contributed by atoms with Crippen molar-refractivity contribution in [2.24, 2.45) is 5.84 Å². The van der Waals surface area contributed by atoms with Crippen molar-refractivity contribution in [3.8, 4) is 0 Å². The first-order valence-electron chi connectivity index (χ1n) is 4.56. The molecule has 1 aromatic carbocycles. The Labute approximate surface area is 98.3 Å². The van der Waals surface area contributed by atoms with E-state index >= 15 is 0 Å². The molecular weight excluding hydrogens is 235 g/mol. The van der Waals surface area contributed by atoms with Crippen molar-refractivity contribution in [2.75, 3.05) is 12.0 Å². The maximum atomic E-state index is 13.0. The maximum absolute atomic E-state index is 13.0. The number of hydrazine groups is 1. The summed E-state index contributed by atoms with van der Waals surface area (Å²) in [7, 11) is 0. The van der Waals surface area contributed by atoms with E-state index in [1.165, 1.54) is 12.1 Å². The number of thioether (sulfide) groups is 1. The Morgan fingerprint density at radius 1 is 1.60 bits per heavy atom. The lowest BCUT2D eigenvalue weighted by Crippen LogP contribution is -2.38. The minimum Gasteiger partial charge on any atom is -0.271 e. The van der Waals surface area contributed by atoms with E-state index in [1.54, 1.807) is 17.8 Å². The molecule has 2 nitrogen and oxygen atoms in total. The molecule has 0 aliphatic carbocycles. The zero-order valence-electron chi connectivity index (χ0n) is 8.47. The Balaban J connectivity index is 2.73. The summed E-state index contributed by atoms with van der Waals surface area (Å²) in [6.07, 6.45) is 2.63. The molecule has 5 heteroatoms. The van der Waals surface area contributed by atoms with Crippen molar-refractivity contribution >= 4 is 23.4 Å². The van der Waals surface area contributed by atoms with Crippen LogP contribution in [0.15, 0.2) is 18.2 Å². The van der Waals surface area contributed by atoms with Gasteiger partial charge in [-0.2, -0.15) is 11.8 Å². The number of hydrogen-bond donors (Lipinski definition) is 2. The normalized spacial score (nSPS) is 12.8. The monoisotopic (exact) mass is 248 g/mol. The van der Waals surface area contributed by atoms with Gasteiger partial charge in [0.2, 0.25) is 0 Å². The molecule has 0 heterocycles. The van der Waals surface area contributed by atoms with Gasteiger partial charge in [-0.1, -0.05) is 11.6 Å². The van der Waals surface area contributed by atoms with Crippen LogP contribution in [-0.4, -0.2) is 18.1 Å². The highest BCUT2D eigenvalue weighted by Crippen LogP contribution is 2.19. The summed E-state index contributed by atoms with van der Waals surface area (Å²) in [6.45, 7) is 0. The van der Waals surface area contributed by atoms with Gasteiger partial charge in [-0.25, -0.2) is 4.39 Å². The van der Waals surface area contributed by atoms with Crippen molar-refractivity contribution in [3.05, 3.63) is 34.6 Å². The summed E-state index contributed by atoms with van der Waals surface area (Å²) in [4.78, 5) is 0. The van der Waals surface area contributed by atoms with E-state index in [9.17, 15) is 4.39 Å². The highest BCUT2D eigenvalue weighted by atomic mass is 35.5. The van der Waals surface area contributed by atoms with Gasteiger partial charge in [0.15, 0.2) is 0 Å². The van der Waals surface area contributed by atoms with Crippen LogP contribution in [0.5, 0.6) is 0 Å². The Morgan fingerprint density at radius 3 is 2.93 bits per heavy atom. The van der Waals surface area contributed by atoms with Crippen LogP contribution in [0.4, 0.5) is 4.39 Å². The van der Waals surface area contributed by atoms with E-state index in [0.717, 1.165) is 11.3 Å². The fourth-order valence-corrected chi connectivity index (χ4v) is 2.14. The molecule has 0 spiro atoms. The van der Waals surface area contributed by atoms with Crippen LogP contribution in [0.25, 0.3) is 0 Å². The fraction of sp³-hybridized carbons (Fsp3) is 0.400. The maximum Gasteiger partial charge on any atom is 0.123 e. The molecule has 0 aromatic heterocycles. The summed E-state index contributed by atoms with van der Waals surface area (Å²) in [5.41, 5.74) is 3.48. The number of hydrogen-bond acceptors (Lipinski definition) is 3. The van der Waals surface area contributed by atoms with Gasteiger partial charge in [0.25, 0.3) is 0 Å². The molecule has 0 fully saturated rings. The minimum absolute atomic E-state index is 0.110. The van der Waals surface area contributed by atoms with E-state index < -0.39 is 0 Å². The van der Waals surface area contributed by atoms with Crippen LogP contribution in [-0.2, 0) is 6.42 Å². The van der Waals surface area contributed by atoms with Gasteiger partial charge in [-0.05, 0) is 36.4 Å². The molecular formula is C10H14ClFN2S. The van der Waals surface area contributed by atoms with Crippen molar-refractivity contribution in [2.45, 2.75) is 12.5 Å². The van der Waals surface area contributed by atoms with Crippen molar-refractivity contribution in [1.82, 2.24) is 5.43 Å². The zero-order valence-corrected chi connectivity index (χ0v) is 10.0. The van der Waals surface area contributed by atoms with Gasteiger partial charge < -0.3 is 0 Å². The molecule has 15 heavy (non-hydrogen) atoms. The van der Waals surface area contributed by atoms with Crippen molar-refractivity contribution in [3.63, 3.8) is 0 Å². The van der Waals surface area contributed by atoms with Crippen LogP contribution in [0.3, 0.4) is 0 Å². The molecule has 1 unspecified atom stereocenters. The minimum atomic E-state index is -0.269. The van der Waals surface area contributed by atoms with Gasteiger partial charge >= 0.3 is 0 Å². The van der Waals surface area contributed by atoms with Crippen LogP contribution < -0.4 is 11.3 Å². The summed E-state index contributed by atoms with van der Waals surface area (Å²) in [5.74, 6) is 5.99. The van der Waals surface area contributed by atoms with E-state index in [-0.39, 0.29) is 11.9 Å². The Morgan fingerprint density at radius 2 is 2.33 bits per heavy atom. The fourth-order valence-electron chi connectivity index (χ4n) is 1.33. The Bertz CT molecular complexity index is 322. The highest BCUT2D eigenvalue weighted by Gasteiger charge is 2.10. The van der Waals surface area contributed by atoms with Gasteiger partial charge in [0.1, 0.15) is 5.82 Å². The second-order valence-electron chi connectivity index (χ2n) is 3.26. The van der Waals surface area contributed by atoms with E-state index in [4.69, 9.17) is 17.4 Å². The third-order valence-corrected chi connectivity index (χ3v) is 3.18. The summed E-state index contributed by atoms with van der Waals surface area (Å²) in [6, 6.07) is 4.48. The summed E-state index contributed by atoms with van der Waals surface area (Å²) >= 11 is 7.64. The lowest BCUT2D eigenvalue weighted by Gasteiger charge is -2.15. The first-order chi connectivity index (χ1) is 7.17. The van der Waals surface area contributed by atoms with Gasteiger partial charge in [-0.15, -0.1) is 0 Å². The molecule has 0 saturated carbocycles. The Hall–Kier alpha value is -0.290. The second kappa shape index (κ2) is 6.33. The molecule has 84 valence electrons. The third kappa shape index (κ3) is 3.99. The first kappa shape index (κ1) is 12.8. The van der Waals surface area contributed by atoms with Crippen LogP contribution in [0.2, 0.25) is 5.02 Å². The lowest BCUT2D eigenvalue weighted by atomic mass is 10.1. The zero-order chi connectivity index (χ0) is 11.3. The molecule has 0 amide bonds. The smallest absolute Gasteiger partial charge is 0.123 e. The number of nitrogens with two attached hydrogens (primary N) is 1. The molecule has 0 radical (unpaired) electrons. The van der Waals surface area contributed by atoms with E-state index in [1.807, 2.05) is 6.26 Å².